The number of carbonyl (C=O) groups is 2. The van der Waals surface area contributed by atoms with Gasteiger partial charge < -0.3 is 9.26 Å². The largest absolute Gasteiger partial charge is 0.492 e. The van der Waals surface area contributed by atoms with Gasteiger partial charge in [0.2, 0.25) is 0 Å². The molecule has 2 aliphatic rings. The molecular formula is C24H26N2O4. The quantitative estimate of drug-likeness (QED) is 0.590. The molecule has 6 heteroatoms. The number of nitrogens with zero attached hydrogens (tertiary/aromatic N) is 2. The van der Waals surface area contributed by atoms with Crippen LogP contribution < -0.4 is 4.74 Å². The topological polar surface area (TPSA) is 72.6 Å². The Balaban J connectivity index is 1.39. The lowest BCUT2D eigenvalue weighted by molar-refractivity contribution is -0.130. The Morgan fingerprint density at radius 3 is 2.80 bits per heavy atom. The summed E-state index contributed by atoms with van der Waals surface area (Å²) in [6.07, 6.45) is 4.83. The minimum absolute atomic E-state index is 0.00120. The zero-order chi connectivity index (χ0) is 20.5. The van der Waals surface area contributed by atoms with Crippen molar-refractivity contribution in [2.24, 2.45) is 0 Å². The number of ketones is 2. The molecule has 0 amide bonds. The van der Waals surface area contributed by atoms with Crippen molar-refractivity contribution >= 4 is 33.3 Å². The molecular weight excluding hydrogens is 380 g/mol. The number of aromatic nitrogens is 1. The third-order valence-electron chi connectivity index (χ3n) is 6.38. The summed E-state index contributed by atoms with van der Waals surface area (Å²) in [7, 11) is 0. The highest BCUT2D eigenvalue weighted by Crippen LogP contribution is 2.37. The third kappa shape index (κ3) is 3.72. The van der Waals surface area contributed by atoms with Gasteiger partial charge in [0.05, 0.1) is 17.7 Å². The van der Waals surface area contributed by atoms with E-state index >= 15 is 0 Å². The predicted molar refractivity (Wildman–Crippen MR) is 114 cm³/mol. The molecule has 1 saturated heterocycles. The molecule has 2 fully saturated rings. The highest BCUT2D eigenvalue weighted by molar-refractivity contribution is 6.11. The van der Waals surface area contributed by atoms with Gasteiger partial charge in [0.25, 0.3) is 0 Å². The van der Waals surface area contributed by atoms with E-state index in [0.717, 1.165) is 28.5 Å². The Kier molecular flexibility index (Phi) is 5.25. The van der Waals surface area contributed by atoms with Crippen LogP contribution in [0.3, 0.4) is 0 Å². The first-order valence-electron chi connectivity index (χ1n) is 10.9. The van der Waals surface area contributed by atoms with Gasteiger partial charge in [-0.15, -0.1) is 0 Å². The Labute approximate surface area is 175 Å². The maximum Gasteiger partial charge on any atom is 0.167 e. The summed E-state index contributed by atoms with van der Waals surface area (Å²) in [4.78, 5) is 26.5. The number of rotatable bonds is 5. The Morgan fingerprint density at radius 2 is 1.97 bits per heavy atom. The minimum Gasteiger partial charge on any atom is -0.492 e. The van der Waals surface area contributed by atoms with Crippen molar-refractivity contribution in [3.63, 3.8) is 0 Å². The summed E-state index contributed by atoms with van der Waals surface area (Å²) in [6, 6.07) is 9.92. The van der Waals surface area contributed by atoms with Gasteiger partial charge in [0, 0.05) is 13.0 Å². The average Bonchev–Trinajstić information content (AvgIpc) is 3.19. The van der Waals surface area contributed by atoms with E-state index in [0.29, 0.717) is 30.7 Å². The second-order valence-corrected chi connectivity index (χ2v) is 8.41. The van der Waals surface area contributed by atoms with Crippen LogP contribution in [0, 0.1) is 0 Å². The van der Waals surface area contributed by atoms with E-state index in [1.807, 2.05) is 30.3 Å². The van der Waals surface area contributed by atoms with Crippen LogP contribution in [-0.4, -0.2) is 47.9 Å². The van der Waals surface area contributed by atoms with E-state index in [4.69, 9.17) is 9.26 Å². The van der Waals surface area contributed by atoms with Gasteiger partial charge in [-0.3, -0.25) is 14.5 Å². The molecule has 0 unspecified atom stereocenters. The van der Waals surface area contributed by atoms with Gasteiger partial charge in [-0.1, -0.05) is 17.6 Å². The lowest BCUT2D eigenvalue weighted by Gasteiger charge is -2.26. The monoisotopic (exact) mass is 406 g/mol. The van der Waals surface area contributed by atoms with E-state index in [-0.39, 0.29) is 23.9 Å². The predicted octanol–water partition coefficient (Wildman–Crippen LogP) is 4.25. The van der Waals surface area contributed by atoms with Crippen molar-refractivity contribution in [1.29, 1.82) is 0 Å². The number of piperidine rings is 1. The lowest BCUT2D eigenvalue weighted by Crippen LogP contribution is -2.33. The summed E-state index contributed by atoms with van der Waals surface area (Å²) < 4.78 is 11.5. The van der Waals surface area contributed by atoms with Crippen molar-refractivity contribution in [1.82, 2.24) is 10.1 Å². The summed E-state index contributed by atoms with van der Waals surface area (Å²) in [5.41, 5.74) is 1.33. The lowest BCUT2D eigenvalue weighted by atomic mass is 9.83. The van der Waals surface area contributed by atoms with Crippen molar-refractivity contribution in [2.75, 3.05) is 26.2 Å². The van der Waals surface area contributed by atoms with Crippen molar-refractivity contribution < 1.29 is 18.8 Å². The highest BCUT2D eigenvalue weighted by Gasteiger charge is 2.32. The average molecular weight is 406 g/mol. The fraction of sp³-hybridized carbons (Fsp3) is 0.458. The first kappa shape index (κ1) is 19.2. The Bertz CT molecular complexity index is 1100. The molecule has 0 radical (unpaired) electrons. The van der Waals surface area contributed by atoms with Crippen LogP contribution in [-0.2, 0) is 9.59 Å². The van der Waals surface area contributed by atoms with E-state index in [1.165, 1.54) is 32.4 Å². The maximum atomic E-state index is 12.5. The van der Waals surface area contributed by atoms with Crippen LogP contribution in [0.5, 0.6) is 5.75 Å². The molecule has 1 saturated carbocycles. The van der Waals surface area contributed by atoms with Crippen LogP contribution in [0.25, 0.3) is 21.7 Å². The van der Waals surface area contributed by atoms with E-state index < -0.39 is 0 Å². The summed E-state index contributed by atoms with van der Waals surface area (Å²) in [6.45, 7) is 3.97. The second kappa shape index (κ2) is 8.19. The number of hydrogen-bond donors (Lipinski definition) is 0. The van der Waals surface area contributed by atoms with Crippen LogP contribution in [0.4, 0.5) is 0 Å². The van der Waals surface area contributed by atoms with Crippen molar-refractivity contribution in [3.8, 4) is 5.75 Å². The molecule has 1 aliphatic carbocycles. The number of benzene rings is 2. The molecule has 0 bridgehead atoms. The molecule has 6 nitrogen and oxygen atoms in total. The molecule has 5 rings (SSSR count). The van der Waals surface area contributed by atoms with Gasteiger partial charge in [-0.25, -0.2) is 0 Å². The first-order valence-corrected chi connectivity index (χ1v) is 10.9. The SMILES string of the molecule is O=C1CC[C@@H](c2noc3ccc4cc(OCCN5CCCCC5)ccc4c23)C(=O)C1. The highest BCUT2D eigenvalue weighted by atomic mass is 16.5. The van der Waals surface area contributed by atoms with E-state index in [9.17, 15) is 9.59 Å². The zero-order valence-electron chi connectivity index (χ0n) is 17.1. The molecule has 1 atom stereocenters. The van der Waals surface area contributed by atoms with Crippen LogP contribution in [0.1, 0.15) is 50.1 Å². The van der Waals surface area contributed by atoms with Crippen LogP contribution in [0.15, 0.2) is 34.9 Å². The van der Waals surface area contributed by atoms with Gasteiger partial charge in [-0.2, -0.15) is 0 Å². The third-order valence-corrected chi connectivity index (χ3v) is 6.38. The normalized spacial score (nSPS) is 20.9. The number of likely N-dealkylation sites (tertiary alicyclic amines) is 1. The summed E-state index contributed by atoms with van der Waals surface area (Å²) in [5, 5.41) is 7.13. The van der Waals surface area contributed by atoms with Gasteiger partial charge in [0.15, 0.2) is 5.58 Å². The smallest absolute Gasteiger partial charge is 0.167 e. The second-order valence-electron chi connectivity index (χ2n) is 8.41. The van der Waals surface area contributed by atoms with Crippen molar-refractivity contribution in [2.45, 2.75) is 44.4 Å². The molecule has 2 aromatic carbocycles. The molecule has 2 heterocycles. The van der Waals surface area contributed by atoms with E-state index in [2.05, 4.69) is 10.1 Å². The fourth-order valence-corrected chi connectivity index (χ4v) is 4.74. The maximum absolute atomic E-state index is 12.5. The molecule has 0 spiro atoms. The van der Waals surface area contributed by atoms with Gasteiger partial charge in [-0.05, 0) is 67.4 Å². The number of fused-ring (bicyclic) bond motifs is 3. The molecule has 0 N–H and O–H groups in total. The van der Waals surface area contributed by atoms with Gasteiger partial charge in [0.1, 0.15) is 29.6 Å². The Hall–Kier alpha value is -2.73. The molecule has 1 aromatic heterocycles. The Morgan fingerprint density at radius 1 is 1.10 bits per heavy atom. The van der Waals surface area contributed by atoms with Gasteiger partial charge >= 0.3 is 0 Å². The summed E-state index contributed by atoms with van der Waals surface area (Å²) >= 11 is 0. The van der Waals surface area contributed by atoms with Crippen LogP contribution >= 0.6 is 0 Å². The van der Waals surface area contributed by atoms with E-state index in [1.54, 1.807) is 0 Å². The first-order chi connectivity index (χ1) is 14.7. The number of hydrogen-bond acceptors (Lipinski definition) is 6. The molecule has 3 aromatic rings. The summed E-state index contributed by atoms with van der Waals surface area (Å²) in [5.74, 6) is 0.433. The van der Waals surface area contributed by atoms with Crippen molar-refractivity contribution in [3.05, 3.63) is 36.0 Å². The number of carbonyl (C=O) groups excluding carboxylic acids is 2. The number of ether oxygens (including phenoxy) is 1. The molecule has 30 heavy (non-hydrogen) atoms. The molecule has 156 valence electrons. The van der Waals surface area contributed by atoms with Crippen LogP contribution in [0.2, 0.25) is 0 Å². The number of Topliss-reactive ketones (excluding diaryl/α,β-unsaturated/α-hetero) is 2. The zero-order valence-corrected chi connectivity index (χ0v) is 17.1. The standard InChI is InChI=1S/C24H26N2O4/c27-17-5-7-20(21(28)15-17)24-23-19-8-6-18(14-16(19)4-9-22(23)30-25-24)29-13-12-26-10-2-1-3-11-26/h4,6,8-9,14,20H,1-3,5,7,10-13,15H2/t20-/m1/s1. The fourth-order valence-electron chi connectivity index (χ4n) is 4.74. The minimum atomic E-state index is -0.366. The molecule has 1 aliphatic heterocycles.